The lowest BCUT2D eigenvalue weighted by Gasteiger charge is -2.31. The number of carbonyl (C=O) groups excluding carboxylic acids is 1. The zero-order valence-corrected chi connectivity index (χ0v) is 12.2. The van der Waals surface area contributed by atoms with Crippen molar-refractivity contribution in [2.45, 2.75) is 79.1 Å². The van der Waals surface area contributed by atoms with Crippen molar-refractivity contribution in [3.63, 3.8) is 0 Å². The summed E-state index contributed by atoms with van der Waals surface area (Å²) in [5, 5.41) is 0. The summed E-state index contributed by atoms with van der Waals surface area (Å²) in [6.07, 6.45) is 9.74. The van der Waals surface area contributed by atoms with Gasteiger partial charge in [0.15, 0.2) is 0 Å². The molecule has 0 fully saturated rings. The molecule has 1 amide bonds. The van der Waals surface area contributed by atoms with Crippen molar-refractivity contribution in [1.82, 2.24) is 0 Å². The second-order valence-electron chi connectivity index (χ2n) is 5.77. The number of unbranched alkanes of at least 4 members (excludes halogenated alkanes) is 4. The molecule has 0 aliphatic heterocycles. The first-order chi connectivity index (χ1) is 7.96. The van der Waals surface area contributed by atoms with Crippen LogP contribution in [0.2, 0.25) is 0 Å². The highest BCUT2D eigenvalue weighted by Gasteiger charge is 2.33. The van der Waals surface area contributed by atoms with Crippen LogP contribution >= 0.6 is 0 Å². The second-order valence-corrected chi connectivity index (χ2v) is 5.77. The minimum absolute atomic E-state index is 0.143. The first kappa shape index (κ1) is 16.5. The lowest BCUT2D eigenvalue weighted by molar-refractivity contribution is -0.129. The summed E-state index contributed by atoms with van der Waals surface area (Å²) in [4.78, 5) is 11.6. The van der Waals surface area contributed by atoms with Crippen molar-refractivity contribution < 1.29 is 4.79 Å². The monoisotopic (exact) mass is 241 g/mol. The standard InChI is InChI=1S/C15H31NO/c1-5-7-9-11-13(12-10-8-6-2)15(3,4)14(16)17/h13H,5-12H2,1-4H3,(H2,16,17). The molecular weight excluding hydrogens is 210 g/mol. The quantitative estimate of drug-likeness (QED) is 0.570. The molecule has 0 aromatic heterocycles. The van der Waals surface area contributed by atoms with Gasteiger partial charge in [-0.1, -0.05) is 66.2 Å². The predicted octanol–water partition coefficient (Wildman–Crippen LogP) is 4.27. The molecule has 2 heteroatoms. The van der Waals surface area contributed by atoms with E-state index in [1.165, 1.54) is 38.5 Å². The molecule has 0 aliphatic rings. The Kier molecular flexibility index (Phi) is 8.28. The molecule has 0 aromatic carbocycles. The third kappa shape index (κ3) is 6.09. The largest absolute Gasteiger partial charge is 0.369 e. The van der Waals surface area contributed by atoms with Crippen molar-refractivity contribution in [2.75, 3.05) is 0 Å². The number of rotatable bonds is 10. The highest BCUT2D eigenvalue weighted by molar-refractivity contribution is 5.80. The Morgan fingerprint density at radius 3 is 1.71 bits per heavy atom. The van der Waals surface area contributed by atoms with Crippen LogP contribution in [0.1, 0.15) is 79.1 Å². The van der Waals surface area contributed by atoms with Crippen LogP contribution in [0.15, 0.2) is 0 Å². The maximum atomic E-state index is 11.6. The van der Waals surface area contributed by atoms with E-state index in [1.54, 1.807) is 0 Å². The van der Waals surface area contributed by atoms with E-state index in [2.05, 4.69) is 13.8 Å². The Morgan fingerprint density at radius 1 is 1.00 bits per heavy atom. The van der Waals surface area contributed by atoms with E-state index in [9.17, 15) is 4.79 Å². The van der Waals surface area contributed by atoms with Gasteiger partial charge in [0.25, 0.3) is 0 Å². The number of hydrogen-bond acceptors (Lipinski definition) is 1. The molecule has 0 aliphatic carbocycles. The molecule has 0 aromatic rings. The average molecular weight is 241 g/mol. The Labute approximate surface area is 107 Å². The molecule has 0 atom stereocenters. The molecule has 0 bridgehead atoms. The number of amides is 1. The van der Waals surface area contributed by atoms with Crippen molar-refractivity contribution in [1.29, 1.82) is 0 Å². The molecule has 0 radical (unpaired) electrons. The molecule has 0 heterocycles. The van der Waals surface area contributed by atoms with Crippen LogP contribution in [0, 0.1) is 11.3 Å². The molecule has 102 valence electrons. The van der Waals surface area contributed by atoms with E-state index in [4.69, 9.17) is 5.73 Å². The first-order valence-electron chi connectivity index (χ1n) is 7.26. The summed E-state index contributed by atoms with van der Waals surface area (Å²) in [5.41, 5.74) is 5.19. The maximum Gasteiger partial charge on any atom is 0.223 e. The average Bonchev–Trinajstić information content (AvgIpc) is 2.27. The van der Waals surface area contributed by atoms with Crippen molar-refractivity contribution in [3.8, 4) is 0 Å². The lowest BCUT2D eigenvalue weighted by atomic mass is 9.73. The first-order valence-corrected chi connectivity index (χ1v) is 7.26. The van der Waals surface area contributed by atoms with Gasteiger partial charge in [-0.3, -0.25) is 4.79 Å². The number of carbonyl (C=O) groups is 1. The molecular formula is C15H31NO. The van der Waals surface area contributed by atoms with Gasteiger partial charge in [-0.15, -0.1) is 0 Å². The predicted molar refractivity (Wildman–Crippen MR) is 74.7 cm³/mol. The van der Waals surface area contributed by atoms with Crippen molar-refractivity contribution in [3.05, 3.63) is 0 Å². The molecule has 0 spiro atoms. The lowest BCUT2D eigenvalue weighted by Crippen LogP contribution is -2.38. The highest BCUT2D eigenvalue weighted by Crippen LogP contribution is 2.34. The van der Waals surface area contributed by atoms with Gasteiger partial charge in [0.1, 0.15) is 0 Å². The zero-order chi connectivity index (χ0) is 13.3. The van der Waals surface area contributed by atoms with Crippen LogP contribution in [0.3, 0.4) is 0 Å². The summed E-state index contributed by atoms with van der Waals surface area (Å²) >= 11 is 0. The smallest absolute Gasteiger partial charge is 0.223 e. The van der Waals surface area contributed by atoms with Gasteiger partial charge in [0, 0.05) is 5.41 Å². The van der Waals surface area contributed by atoms with Crippen LogP contribution in [-0.4, -0.2) is 5.91 Å². The third-order valence-electron chi connectivity index (χ3n) is 3.97. The summed E-state index contributed by atoms with van der Waals surface area (Å²) in [6.45, 7) is 8.45. The number of nitrogens with two attached hydrogens (primary N) is 1. The number of hydrogen-bond donors (Lipinski definition) is 1. The van der Waals surface area contributed by atoms with Crippen molar-refractivity contribution in [2.24, 2.45) is 17.1 Å². The van der Waals surface area contributed by atoms with Gasteiger partial charge < -0.3 is 5.73 Å². The molecule has 2 nitrogen and oxygen atoms in total. The van der Waals surface area contributed by atoms with Gasteiger partial charge in [0.2, 0.25) is 5.91 Å². The fourth-order valence-corrected chi connectivity index (χ4v) is 2.35. The Bertz CT molecular complexity index is 201. The second kappa shape index (κ2) is 8.54. The molecule has 0 saturated heterocycles. The maximum absolute atomic E-state index is 11.6. The summed E-state index contributed by atoms with van der Waals surface area (Å²) in [6, 6.07) is 0. The summed E-state index contributed by atoms with van der Waals surface area (Å²) < 4.78 is 0. The molecule has 2 N–H and O–H groups in total. The minimum atomic E-state index is -0.346. The van der Waals surface area contributed by atoms with Crippen LogP contribution in [0.25, 0.3) is 0 Å². The fraction of sp³-hybridized carbons (Fsp3) is 0.933. The normalized spacial score (nSPS) is 12.1. The van der Waals surface area contributed by atoms with Crippen LogP contribution in [-0.2, 0) is 4.79 Å². The van der Waals surface area contributed by atoms with E-state index in [0.717, 1.165) is 12.8 Å². The molecule has 0 unspecified atom stereocenters. The van der Waals surface area contributed by atoms with E-state index in [1.807, 2.05) is 13.8 Å². The third-order valence-corrected chi connectivity index (χ3v) is 3.97. The van der Waals surface area contributed by atoms with Crippen LogP contribution in [0.5, 0.6) is 0 Å². The highest BCUT2D eigenvalue weighted by atomic mass is 16.1. The van der Waals surface area contributed by atoms with Crippen LogP contribution in [0.4, 0.5) is 0 Å². The fourth-order valence-electron chi connectivity index (χ4n) is 2.35. The van der Waals surface area contributed by atoms with E-state index in [0.29, 0.717) is 5.92 Å². The zero-order valence-electron chi connectivity index (χ0n) is 12.2. The Morgan fingerprint density at radius 2 is 1.41 bits per heavy atom. The van der Waals surface area contributed by atoms with Crippen molar-refractivity contribution >= 4 is 5.91 Å². The van der Waals surface area contributed by atoms with Gasteiger partial charge in [-0.2, -0.15) is 0 Å². The summed E-state index contributed by atoms with van der Waals surface area (Å²) in [7, 11) is 0. The van der Waals surface area contributed by atoms with Gasteiger partial charge in [-0.25, -0.2) is 0 Å². The SMILES string of the molecule is CCCCCC(CCCCC)C(C)(C)C(N)=O. The molecule has 0 rings (SSSR count). The van der Waals surface area contributed by atoms with Gasteiger partial charge >= 0.3 is 0 Å². The Hall–Kier alpha value is -0.530. The number of primary amides is 1. The molecule has 0 saturated carbocycles. The minimum Gasteiger partial charge on any atom is -0.369 e. The van der Waals surface area contributed by atoms with Gasteiger partial charge in [0.05, 0.1) is 0 Å². The Balaban J connectivity index is 4.32. The van der Waals surface area contributed by atoms with E-state index in [-0.39, 0.29) is 11.3 Å². The molecule has 17 heavy (non-hydrogen) atoms. The van der Waals surface area contributed by atoms with Gasteiger partial charge in [-0.05, 0) is 18.8 Å². The van der Waals surface area contributed by atoms with Crippen LogP contribution < -0.4 is 5.73 Å². The topological polar surface area (TPSA) is 43.1 Å². The van der Waals surface area contributed by atoms with E-state index >= 15 is 0 Å². The van der Waals surface area contributed by atoms with E-state index < -0.39 is 0 Å². The summed E-state index contributed by atoms with van der Waals surface area (Å²) in [5.74, 6) is 0.314.